The second kappa shape index (κ2) is 23.1. The number of hydrogen-bond donors (Lipinski definition) is 2. The molecule has 1 rings (SSSR count). The zero-order valence-electron chi connectivity index (χ0n) is 12.4. The summed E-state index contributed by atoms with van der Waals surface area (Å²) < 4.78 is 0. The number of carbonyl (C=O) groups is 2. The maximum Gasteiger partial charge on any atom is 0.207 e. The van der Waals surface area contributed by atoms with Crippen LogP contribution in [0.1, 0.15) is 46.0 Å². The summed E-state index contributed by atoms with van der Waals surface area (Å²) in [4.78, 5) is 19.8. The number of nitrogens with one attached hydrogen (secondary N) is 2. The monoisotopic (exact) mass is 349 g/mol. The standard InChI is InChI=1S/C7H13NO.C3H7NO2.C2H6.CH3.Y/c8-7(9)6-4-2-1-3-5-6;5-2-1-4-3-6;1-2;;/h6H,1-5H2,(H2,8,9);3,5H,1-2H2,(H,4,6);1-2H3;1H3;/q;;;-1;/p-1. The van der Waals surface area contributed by atoms with E-state index in [-0.39, 0.29) is 58.6 Å². The van der Waals surface area contributed by atoms with Crippen molar-refractivity contribution in [2.24, 2.45) is 5.92 Å². The summed E-state index contributed by atoms with van der Waals surface area (Å²) in [6, 6.07) is 0. The molecule has 0 saturated heterocycles. The van der Waals surface area contributed by atoms with E-state index in [9.17, 15) is 9.59 Å². The zero-order chi connectivity index (χ0) is 13.5. The third-order valence-electron chi connectivity index (χ3n) is 2.32. The fraction of sp³-hybridized carbons (Fsp3) is 0.769. The minimum atomic E-state index is -0.352. The molecular weight excluding hydrogens is 321 g/mol. The van der Waals surface area contributed by atoms with Crippen molar-refractivity contribution in [2.75, 3.05) is 13.2 Å². The summed E-state index contributed by atoms with van der Waals surface area (Å²) >= 11 is 0. The van der Waals surface area contributed by atoms with Crippen LogP contribution in [0.3, 0.4) is 0 Å². The zero-order valence-corrected chi connectivity index (χ0v) is 15.3. The summed E-state index contributed by atoms with van der Waals surface area (Å²) in [5.74, 6) is -0.270. The quantitative estimate of drug-likeness (QED) is 0.464. The Hall–Kier alpha value is 0.00390. The Bertz CT molecular complexity index is 187. The molecule has 0 spiro atoms. The van der Waals surface area contributed by atoms with Crippen molar-refractivity contribution in [3.8, 4) is 0 Å². The molecule has 0 bridgehead atoms. The van der Waals surface area contributed by atoms with Gasteiger partial charge in [-0.2, -0.15) is 0 Å². The van der Waals surface area contributed by atoms with Gasteiger partial charge in [-0.25, -0.2) is 0 Å². The molecule has 1 aliphatic rings. The van der Waals surface area contributed by atoms with Crippen molar-refractivity contribution < 1.29 is 47.4 Å². The molecule has 3 N–H and O–H groups in total. The van der Waals surface area contributed by atoms with E-state index in [1.165, 1.54) is 6.42 Å². The van der Waals surface area contributed by atoms with Crippen LogP contribution in [-0.4, -0.2) is 30.6 Å². The van der Waals surface area contributed by atoms with Crippen LogP contribution in [0.15, 0.2) is 0 Å². The van der Waals surface area contributed by atoms with Gasteiger partial charge in [0.15, 0.2) is 0 Å². The maximum atomic E-state index is 10.5. The molecule has 1 fully saturated rings. The first-order valence-electron chi connectivity index (χ1n) is 6.25. The van der Waals surface area contributed by atoms with Gasteiger partial charge in [0.1, 0.15) is 0 Å². The molecule has 2 amide bonds. The minimum Gasteiger partial charge on any atom is -0.668 e. The van der Waals surface area contributed by atoms with Crippen molar-refractivity contribution in [1.29, 1.82) is 0 Å². The van der Waals surface area contributed by atoms with Crippen LogP contribution in [0.25, 0.3) is 5.73 Å². The first-order chi connectivity index (χ1) is 8.22. The van der Waals surface area contributed by atoms with E-state index in [2.05, 4.69) is 5.32 Å². The molecule has 0 atom stereocenters. The Morgan fingerprint density at radius 2 is 1.79 bits per heavy atom. The molecule has 0 aromatic heterocycles. The van der Waals surface area contributed by atoms with Crippen LogP contribution in [0.5, 0.6) is 0 Å². The van der Waals surface area contributed by atoms with E-state index in [1.54, 1.807) is 0 Å². The number of amides is 2. The van der Waals surface area contributed by atoms with Crippen LogP contribution in [0.2, 0.25) is 0 Å². The van der Waals surface area contributed by atoms with Gasteiger partial charge in [-0.3, -0.25) is 4.79 Å². The first-order valence-corrected chi connectivity index (χ1v) is 6.25. The molecule has 6 heteroatoms. The molecule has 5 nitrogen and oxygen atoms in total. The second-order valence-electron chi connectivity index (χ2n) is 3.49. The Morgan fingerprint density at radius 3 is 2.00 bits per heavy atom. The molecule has 0 unspecified atom stereocenters. The fourth-order valence-corrected chi connectivity index (χ4v) is 1.49. The van der Waals surface area contributed by atoms with Crippen molar-refractivity contribution >= 4 is 12.3 Å². The van der Waals surface area contributed by atoms with E-state index >= 15 is 0 Å². The number of hydrogen-bond acceptors (Lipinski definition) is 3. The first kappa shape index (κ1) is 27.4. The number of aliphatic hydroxyl groups is 1. The molecule has 0 aromatic carbocycles. The topological polar surface area (TPSA) is 90.2 Å². The van der Waals surface area contributed by atoms with Gasteiger partial charge >= 0.3 is 0 Å². The van der Waals surface area contributed by atoms with Gasteiger partial charge in [0, 0.05) is 45.2 Å². The number of carbonyl (C=O) groups excluding carboxylic acids is 2. The molecule has 0 aromatic rings. The van der Waals surface area contributed by atoms with E-state index in [4.69, 9.17) is 10.8 Å². The maximum absolute atomic E-state index is 10.5. The van der Waals surface area contributed by atoms with Crippen molar-refractivity contribution in [2.45, 2.75) is 46.0 Å². The Kier molecular flexibility index (Phi) is 33.3. The van der Waals surface area contributed by atoms with Crippen molar-refractivity contribution in [1.82, 2.24) is 5.32 Å². The van der Waals surface area contributed by atoms with Crippen LogP contribution >= 0.6 is 0 Å². The third-order valence-corrected chi connectivity index (χ3v) is 2.32. The van der Waals surface area contributed by atoms with Gasteiger partial charge in [-0.15, -0.1) is 0 Å². The summed E-state index contributed by atoms with van der Waals surface area (Å²) in [5.41, 5.74) is 6.83. The van der Waals surface area contributed by atoms with Crippen LogP contribution < -0.4 is 5.32 Å². The predicted octanol–water partition coefficient (Wildman–Crippen LogP) is 2.34. The average Bonchev–Trinajstić information content (AvgIpc) is 2.40. The molecule has 113 valence electrons. The SMILES string of the molecule is CC.O=CNCCO.[CH3-].[NH-]C(=O)C1CCCCC1.[Y]. The Labute approximate surface area is 143 Å². The average molecular weight is 349 g/mol. The van der Waals surface area contributed by atoms with Gasteiger partial charge in [0.2, 0.25) is 6.41 Å². The predicted molar refractivity (Wildman–Crippen MR) is 74.8 cm³/mol. The van der Waals surface area contributed by atoms with E-state index < -0.39 is 0 Å². The number of aliphatic hydroxyl groups excluding tert-OH is 1. The summed E-state index contributed by atoms with van der Waals surface area (Å²) in [5, 5.41) is 10.2. The van der Waals surface area contributed by atoms with Crippen molar-refractivity contribution in [3.05, 3.63) is 13.2 Å². The summed E-state index contributed by atoms with van der Waals surface area (Å²) in [7, 11) is 0. The number of rotatable bonds is 4. The molecule has 0 aliphatic heterocycles. The van der Waals surface area contributed by atoms with Gasteiger partial charge in [-0.05, 0) is 12.8 Å². The van der Waals surface area contributed by atoms with E-state index in [1.807, 2.05) is 13.8 Å². The van der Waals surface area contributed by atoms with Gasteiger partial charge in [0.25, 0.3) is 0 Å². The van der Waals surface area contributed by atoms with Gasteiger partial charge in [-0.1, -0.05) is 33.1 Å². The summed E-state index contributed by atoms with van der Waals surface area (Å²) in [6.07, 6.45) is 6.02. The fourth-order valence-electron chi connectivity index (χ4n) is 1.49. The molecule has 0 heterocycles. The third kappa shape index (κ3) is 20.5. The molecular formula is C13H28N2O3Y-2. The van der Waals surface area contributed by atoms with Crippen molar-refractivity contribution in [3.63, 3.8) is 0 Å². The van der Waals surface area contributed by atoms with Crippen LogP contribution in [0.4, 0.5) is 0 Å². The largest absolute Gasteiger partial charge is 0.668 e. The molecule has 19 heavy (non-hydrogen) atoms. The smallest absolute Gasteiger partial charge is 0.207 e. The summed E-state index contributed by atoms with van der Waals surface area (Å²) in [6.45, 7) is 4.36. The van der Waals surface area contributed by atoms with E-state index in [0.29, 0.717) is 13.0 Å². The van der Waals surface area contributed by atoms with E-state index in [0.717, 1.165) is 25.7 Å². The second-order valence-corrected chi connectivity index (χ2v) is 3.49. The minimum absolute atomic E-state index is 0. The Balaban J connectivity index is -0.000000101. The normalized spacial score (nSPS) is 13.0. The van der Waals surface area contributed by atoms with Gasteiger partial charge < -0.3 is 28.4 Å². The van der Waals surface area contributed by atoms with Crippen LogP contribution in [0, 0.1) is 13.3 Å². The molecule has 1 radical (unpaired) electrons. The molecule has 1 aliphatic carbocycles. The molecule has 1 saturated carbocycles. The Morgan fingerprint density at radius 1 is 1.32 bits per heavy atom. The van der Waals surface area contributed by atoms with Crippen LogP contribution in [-0.2, 0) is 42.3 Å². The van der Waals surface area contributed by atoms with Gasteiger partial charge in [0.05, 0.1) is 12.5 Å².